The Morgan fingerprint density at radius 1 is 1.05 bits per heavy atom. The number of morpholine rings is 1. The zero-order valence-electron chi connectivity index (χ0n) is 34.9. The largest absolute Gasteiger partial charge is 0.375 e. The molecule has 1 aliphatic carbocycles. The number of benzene rings is 1. The number of aromatic nitrogens is 7. The molecule has 17 nitrogen and oxygen atoms in total. The van der Waals surface area contributed by atoms with Gasteiger partial charge in [0.1, 0.15) is 23.6 Å². The van der Waals surface area contributed by atoms with Gasteiger partial charge >= 0.3 is 5.69 Å². The second-order valence-electron chi connectivity index (χ2n) is 17.2. The minimum Gasteiger partial charge on any atom is -0.375 e. The van der Waals surface area contributed by atoms with Crippen molar-refractivity contribution in [1.82, 2.24) is 43.7 Å². The van der Waals surface area contributed by atoms with E-state index in [0.717, 1.165) is 12.8 Å². The van der Waals surface area contributed by atoms with Gasteiger partial charge in [-0.15, -0.1) is 0 Å². The smallest absolute Gasteiger partial charge is 0.329 e. The highest BCUT2D eigenvalue weighted by molar-refractivity contribution is 6.08. The number of hydrogen-bond acceptors (Lipinski definition) is 11. The number of rotatable bonds is 10. The number of carbonyl (C=O) groups is 3. The third kappa shape index (κ3) is 7.82. The molecule has 3 saturated heterocycles. The molecule has 9 rings (SSSR count). The fourth-order valence-electron chi connectivity index (χ4n) is 9.91. The number of piperidine rings is 2. The first-order chi connectivity index (χ1) is 29.8. The number of fused-ring (bicyclic) bond motifs is 2. The minimum atomic E-state index is -2.91. The molecule has 0 radical (unpaired) electrons. The molecule has 4 atom stereocenters. The van der Waals surface area contributed by atoms with Crippen LogP contribution in [0, 0.1) is 5.92 Å². The van der Waals surface area contributed by atoms with Crippen molar-refractivity contribution >= 4 is 51.6 Å². The van der Waals surface area contributed by atoms with Gasteiger partial charge in [-0.2, -0.15) is 10.2 Å². The van der Waals surface area contributed by atoms with Crippen LogP contribution < -0.4 is 26.1 Å². The fourth-order valence-corrected chi connectivity index (χ4v) is 9.91. The molecule has 3 amide bonds. The van der Waals surface area contributed by atoms with E-state index < -0.39 is 36.1 Å². The first kappa shape index (κ1) is 41.6. The van der Waals surface area contributed by atoms with Gasteiger partial charge in [0.15, 0.2) is 11.3 Å². The van der Waals surface area contributed by atoms with Crippen molar-refractivity contribution < 1.29 is 32.3 Å². The number of imide groups is 1. The number of nitrogens with zero attached hydrogens (tertiary/aromatic N) is 10. The van der Waals surface area contributed by atoms with Gasteiger partial charge in [0.25, 0.3) is 12.3 Å². The van der Waals surface area contributed by atoms with Gasteiger partial charge in [-0.1, -0.05) is 6.07 Å². The Morgan fingerprint density at radius 3 is 2.60 bits per heavy atom. The van der Waals surface area contributed by atoms with Crippen molar-refractivity contribution in [2.45, 2.75) is 88.7 Å². The summed E-state index contributed by atoms with van der Waals surface area (Å²) in [5, 5.41) is 13.5. The topological polar surface area (TPSA) is 169 Å². The van der Waals surface area contributed by atoms with Crippen LogP contribution in [0.4, 0.5) is 30.4 Å². The Kier molecular flexibility index (Phi) is 11.3. The predicted octanol–water partition coefficient (Wildman–Crippen LogP) is 4.25. The van der Waals surface area contributed by atoms with E-state index in [1.165, 1.54) is 26.0 Å². The van der Waals surface area contributed by atoms with Crippen LogP contribution in [-0.4, -0.2) is 121 Å². The number of carbonyl (C=O) groups excluding carboxylic acids is 3. The maximum atomic E-state index is 16.1. The number of imidazole rings is 1. The highest BCUT2D eigenvalue weighted by Gasteiger charge is 2.37. The molecule has 0 spiro atoms. The van der Waals surface area contributed by atoms with Crippen LogP contribution >= 0.6 is 0 Å². The van der Waals surface area contributed by atoms with Gasteiger partial charge in [0, 0.05) is 58.1 Å². The number of nitrogens with one attached hydrogen (secondary N) is 2. The molecular formula is C42H51F3N12O5. The zero-order valence-corrected chi connectivity index (χ0v) is 34.9. The molecule has 4 fully saturated rings. The zero-order chi connectivity index (χ0) is 43.4. The summed E-state index contributed by atoms with van der Waals surface area (Å²) in [4.78, 5) is 62.3. The summed E-state index contributed by atoms with van der Waals surface area (Å²) in [7, 11) is 3.59. The van der Waals surface area contributed by atoms with Gasteiger partial charge in [0.05, 0.1) is 53.9 Å². The number of halogens is 3. The van der Waals surface area contributed by atoms with E-state index in [1.807, 2.05) is 31.0 Å². The van der Waals surface area contributed by atoms with Crippen molar-refractivity contribution in [1.29, 1.82) is 0 Å². The first-order valence-electron chi connectivity index (χ1n) is 21.4. The van der Waals surface area contributed by atoms with Gasteiger partial charge in [0.2, 0.25) is 11.8 Å². The van der Waals surface area contributed by atoms with Crippen molar-refractivity contribution in [2.24, 2.45) is 13.0 Å². The molecule has 62 heavy (non-hydrogen) atoms. The second kappa shape index (κ2) is 16.8. The molecule has 1 aromatic carbocycles. The molecule has 1 saturated carbocycles. The van der Waals surface area contributed by atoms with Gasteiger partial charge in [-0.05, 0) is 76.6 Å². The van der Waals surface area contributed by atoms with E-state index in [2.05, 4.69) is 35.6 Å². The monoisotopic (exact) mass is 860 g/mol. The Bertz CT molecular complexity index is 2560. The second-order valence-corrected chi connectivity index (χ2v) is 17.2. The number of hydrogen-bond donors (Lipinski definition) is 2. The van der Waals surface area contributed by atoms with Gasteiger partial charge in [-0.25, -0.2) is 27.5 Å². The molecule has 20 heteroatoms. The average Bonchev–Trinajstić information content (AvgIpc) is 3.95. The number of amides is 3. The maximum absolute atomic E-state index is 16.1. The summed E-state index contributed by atoms with van der Waals surface area (Å²) in [5.74, 6) is -0.541. The molecule has 2 unspecified atom stereocenters. The third-order valence-electron chi connectivity index (χ3n) is 13.1. The van der Waals surface area contributed by atoms with Crippen LogP contribution in [0.1, 0.15) is 86.4 Å². The molecule has 5 aromatic rings. The summed E-state index contributed by atoms with van der Waals surface area (Å²) in [6, 6.07) is 6.00. The molecule has 330 valence electrons. The number of ether oxygens (including phenoxy) is 1. The lowest BCUT2D eigenvalue weighted by Crippen LogP contribution is -2.52. The van der Waals surface area contributed by atoms with Crippen LogP contribution in [-0.2, 0) is 21.4 Å². The number of para-hydroxylation sites is 1. The highest BCUT2D eigenvalue weighted by Crippen LogP contribution is 2.37. The van der Waals surface area contributed by atoms with Crippen molar-refractivity contribution in [3.05, 3.63) is 64.6 Å². The normalized spacial score (nSPS) is 25.0. The lowest BCUT2D eigenvalue weighted by Gasteiger charge is -2.42. The third-order valence-corrected chi connectivity index (χ3v) is 13.1. The summed E-state index contributed by atoms with van der Waals surface area (Å²) in [6.07, 6.45) is 4.43. The van der Waals surface area contributed by atoms with Crippen molar-refractivity contribution in [2.75, 3.05) is 61.5 Å². The molecule has 4 aromatic heterocycles. The molecule has 3 aliphatic heterocycles. The Balaban J connectivity index is 0.814. The standard InChI is InChI=1S/C42H51F3N12O5/c1-24-20-54(17-18-62-24)34-14-16-55-39(48-34)27(19-46-55)40(59)47-29-23-56(50-36(29)38(44)45)26-9-7-25(8-10-26)21-51(2)30-13-15-53(22-28(30)43)31-5-4-6-32-37(31)52(3)42(61)57(32)33-11-12-35(58)49-41(33)60/h4-6,14,16,19,23-26,28,30,33,38H,7-13,15,17-18,20-22H2,1-3H3,(H,47,59)(H,49,58,60)/t24-,25?,26?,28-,30?,33?/m0/s1. The highest BCUT2D eigenvalue weighted by atomic mass is 19.3. The van der Waals surface area contributed by atoms with E-state index in [9.17, 15) is 28.0 Å². The lowest BCUT2D eigenvalue weighted by atomic mass is 9.85. The van der Waals surface area contributed by atoms with Crippen molar-refractivity contribution in [3.8, 4) is 0 Å². The van der Waals surface area contributed by atoms with Crippen LogP contribution in [0.3, 0.4) is 0 Å². The van der Waals surface area contributed by atoms with E-state index >= 15 is 4.39 Å². The Labute approximate surface area is 354 Å². The van der Waals surface area contributed by atoms with Gasteiger partial charge < -0.3 is 24.8 Å². The first-order valence-corrected chi connectivity index (χ1v) is 21.4. The quantitative estimate of drug-likeness (QED) is 0.193. The molecule has 7 heterocycles. The summed E-state index contributed by atoms with van der Waals surface area (Å²) in [6.45, 7) is 5.20. The summed E-state index contributed by atoms with van der Waals surface area (Å²) < 4.78 is 56.4. The number of alkyl halides is 3. The van der Waals surface area contributed by atoms with E-state index in [0.29, 0.717) is 80.2 Å². The molecule has 4 aliphatic rings. The van der Waals surface area contributed by atoms with E-state index in [1.54, 1.807) is 30.1 Å². The average molecular weight is 861 g/mol. The fraction of sp³-hybridized carbons (Fsp3) is 0.548. The summed E-state index contributed by atoms with van der Waals surface area (Å²) in [5.41, 5.74) is 1.41. The lowest BCUT2D eigenvalue weighted by molar-refractivity contribution is -0.135. The SMILES string of the molecule is C[C@H]1CN(c2ccn3ncc(C(=O)Nc4cn(C5CCC(CN(C)C6CCN(c7cccc8c7n(C)c(=O)n8C7CCC(=O)NC7=O)C[C@@H]6F)CC5)nc4C(F)F)c3n2)CCO1. The van der Waals surface area contributed by atoms with Crippen LogP contribution in [0.15, 0.2) is 47.7 Å². The minimum absolute atomic E-state index is 0.0284. The van der Waals surface area contributed by atoms with Crippen LogP contribution in [0.25, 0.3) is 16.7 Å². The molecule has 0 bridgehead atoms. The van der Waals surface area contributed by atoms with Crippen molar-refractivity contribution in [3.63, 3.8) is 0 Å². The maximum Gasteiger partial charge on any atom is 0.329 e. The van der Waals surface area contributed by atoms with Gasteiger partial charge in [-0.3, -0.25) is 33.5 Å². The number of anilines is 3. The Hall–Kier alpha value is -5.76. The number of aryl methyl sites for hydroxylation is 1. The molecule has 2 N–H and O–H groups in total. The summed E-state index contributed by atoms with van der Waals surface area (Å²) >= 11 is 0. The van der Waals surface area contributed by atoms with E-state index in [4.69, 9.17) is 4.74 Å². The van der Waals surface area contributed by atoms with Crippen LogP contribution in [0.5, 0.6) is 0 Å². The molecular weight excluding hydrogens is 810 g/mol. The Morgan fingerprint density at radius 2 is 1.85 bits per heavy atom. The van der Waals surface area contributed by atoms with Crippen LogP contribution in [0.2, 0.25) is 0 Å². The van der Waals surface area contributed by atoms with E-state index in [-0.39, 0.29) is 66.3 Å². The predicted molar refractivity (Wildman–Crippen MR) is 223 cm³/mol.